The Kier molecular flexibility index (Phi) is 3.79. The molecule has 0 saturated heterocycles. The summed E-state index contributed by atoms with van der Waals surface area (Å²) < 4.78 is 0. The summed E-state index contributed by atoms with van der Waals surface area (Å²) in [5, 5.41) is 10.0. The van der Waals surface area contributed by atoms with Crippen LogP contribution in [0.1, 0.15) is 10.6 Å². The Hall–Kier alpha value is -1.65. The van der Waals surface area contributed by atoms with E-state index in [1.807, 2.05) is 25.1 Å². The molecular weight excluding hydrogens is 270 g/mol. The summed E-state index contributed by atoms with van der Waals surface area (Å²) in [6.45, 7) is 1.85. The van der Waals surface area contributed by atoms with Gasteiger partial charge < -0.3 is 5.11 Å². The molecule has 0 spiro atoms. The Labute approximate surface area is 113 Å². The lowest BCUT2D eigenvalue weighted by atomic mass is 10.2. The molecule has 1 N–H and O–H groups in total. The summed E-state index contributed by atoms with van der Waals surface area (Å²) in [7, 11) is 0. The van der Waals surface area contributed by atoms with Crippen molar-refractivity contribution in [2.24, 2.45) is 0 Å². The van der Waals surface area contributed by atoms with Crippen LogP contribution in [0.2, 0.25) is 5.02 Å². The number of hydrogen-bond donors (Lipinski definition) is 1. The van der Waals surface area contributed by atoms with Gasteiger partial charge in [-0.2, -0.15) is 0 Å². The van der Waals surface area contributed by atoms with Crippen molar-refractivity contribution in [2.75, 3.05) is 0 Å². The van der Waals surface area contributed by atoms with E-state index >= 15 is 0 Å². The van der Waals surface area contributed by atoms with Gasteiger partial charge in [0.05, 0.1) is 15.6 Å². The number of carboxylic acid groups (broad SMARTS) is 1. The van der Waals surface area contributed by atoms with Gasteiger partial charge in [0, 0.05) is 11.6 Å². The lowest BCUT2D eigenvalue weighted by molar-refractivity contribution is -0.131. The molecule has 3 nitrogen and oxygen atoms in total. The number of thiazole rings is 1. The Balaban J connectivity index is 2.41. The first-order valence-electron chi connectivity index (χ1n) is 5.21. The van der Waals surface area contributed by atoms with E-state index in [0.29, 0.717) is 5.02 Å². The highest BCUT2D eigenvalue weighted by Gasteiger charge is 2.10. The van der Waals surface area contributed by atoms with Gasteiger partial charge in [-0.1, -0.05) is 29.8 Å². The first kappa shape index (κ1) is 12.8. The van der Waals surface area contributed by atoms with Crippen LogP contribution < -0.4 is 0 Å². The zero-order valence-corrected chi connectivity index (χ0v) is 11.1. The minimum Gasteiger partial charge on any atom is -0.478 e. The third-order valence-corrected chi connectivity index (χ3v) is 3.80. The number of aliphatic carboxylic acids is 1. The number of hydrogen-bond acceptors (Lipinski definition) is 3. The number of aryl methyl sites for hydroxylation is 1. The summed E-state index contributed by atoms with van der Waals surface area (Å²) in [6.07, 6.45) is 2.66. The molecule has 18 heavy (non-hydrogen) atoms. The Morgan fingerprint density at radius 3 is 2.83 bits per heavy atom. The van der Waals surface area contributed by atoms with E-state index in [9.17, 15) is 4.79 Å². The van der Waals surface area contributed by atoms with Crippen LogP contribution in [0.25, 0.3) is 16.6 Å². The fraction of sp³-hybridized carbons (Fsp3) is 0.0769. The molecule has 1 heterocycles. The van der Waals surface area contributed by atoms with Gasteiger partial charge >= 0.3 is 5.97 Å². The number of rotatable bonds is 3. The highest BCUT2D eigenvalue weighted by Crippen LogP contribution is 2.33. The van der Waals surface area contributed by atoms with Crippen molar-refractivity contribution < 1.29 is 9.90 Å². The second-order valence-corrected chi connectivity index (χ2v) is 5.06. The average molecular weight is 280 g/mol. The van der Waals surface area contributed by atoms with E-state index in [2.05, 4.69) is 4.98 Å². The minimum atomic E-state index is -0.970. The second kappa shape index (κ2) is 5.33. The fourth-order valence-electron chi connectivity index (χ4n) is 1.46. The van der Waals surface area contributed by atoms with Gasteiger partial charge in [-0.05, 0) is 19.1 Å². The maximum Gasteiger partial charge on any atom is 0.328 e. The topological polar surface area (TPSA) is 50.2 Å². The third kappa shape index (κ3) is 2.78. The summed E-state index contributed by atoms with van der Waals surface area (Å²) >= 11 is 7.53. The Bertz CT molecular complexity index is 619. The molecule has 0 bridgehead atoms. The molecule has 0 unspecified atom stereocenters. The Morgan fingerprint density at radius 1 is 1.44 bits per heavy atom. The molecule has 0 fully saturated rings. The van der Waals surface area contributed by atoms with Crippen molar-refractivity contribution in [2.45, 2.75) is 6.92 Å². The predicted octanol–water partition coefficient (Wildman–Crippen LogP) is 3.87. The molecule has 1 aromatic carbocycles. The molecule has 0 atom stereocenters. The number of nitrogens with zero attached hydrogens (tertiary/aromatic N) is 1. The van der Waals surface area contributed by atoms with Crippen LogP contribution >= 0.6 is 22.9 Å². The molecule has 0 aliphatic heterocycles. The minimum absolute atomic E-state index is 0.639. The summed E-state index contributed by atoms with van der Waals surface area (Å²) in [5.41, 5.74) is 1.66. The highest BCUT2D eigenvalue weighted by atomic mass is 35.5. The van der Waals surface area contributed by atoms with Gasteiger partial charge in [0.15, 0.2) is 0 Å². The first-order valence-corrected chi connectivity index (χ1v) is 6.40. The largest absolute Gasteiger partial charge is 0.478 e. The van der Waals surface area contributed by atoms with E-state index in [-0.39, 0.29) is 0 Å². The molecule has 1 aromatic heterocycles. The maximum atomic E-state index is 10.5. The lowest BCUT2D eigenvalue weighted by Crippen LogP contribution is -1.85. The number of carboxylic acids is 1. The fourth-order valence-corrected chi connectivity index (χ4v) is 2.75. The number of carbonyl (C=O) groups is 1. The maximum absolute atomic E-state index is 10.5. The van der Waals surface area contributed by atoms with Crippen molar-refractivity contribution in [3.8, 4) is 10.6 Å². The summed E-state index contributed by atoms with van der Waals surface area (Å²) in [4.78, 5) is 15.7. The van der Waals surface area contributed by atoms with Gasteiger partial charge in [0.2, 0.25) is 0 Å². The van der Waals surface area contributed by atoms with Crippen LogP contribution in [0.4, 0.5) is 0 Å². The highest BCUT2D eigenvalue weighted by molar-refractivity contribution is 7.16. The second-order valence-electron chi connectivity index (χ2n) is 3.62. The summed E-state index contributed by atoms with van der Waals surface area (Å²) in [5.74, 6) is -0.970. The normalized spacial score (nSPS) is 11.0. The van der Waals surface area contributed by atoms with E-state index in [4.69, 9.17) is 16.7 Å². The molecular formula is C13H10ClNO2S. The van der Waals surface area contributed by atoms with E-state index in [1.165, 1.54) is 11.3 Å². The van der Waals surface area contributed by atoms with Gasteiger partial charge in [0.1, 0.15) is 5.01 Å². The monoisotopic (exact) mass is 279 g/mol. The molecule has 2 rings (SSSR count). The van der Waals surface area contributed by atoms with Crippen LogP contribution in [0.15, 0.2) is 30.3 Å². The SMILES string of the molecule is Cc1nc(-c2ccccc2Cl)sc1/C=C/C(=O)O. The Morgan fingerprint density at radius 2 is 2.17 bits per heavy atom. The zero-order valence-electron chi connectivity index (χ0n) is 9.55. The van der Waals surface area contributed by atoms with E-state index < -0.39 is 5.97 Å². The number of halogens is 1. The molecule has 0 amide bonds. The van der Waals surface area contributed by atoms with Crippen molar-refractivity contribution in [1.29, 1.82) is 0 Å². The van der Waals surface area contributed by atoms with Crippen molar-refractivity contribution in [3.05, 3.63) is 45.9 Å². The van der Waals surface area contributed by atoms with Crippen molar-refractivity contribution >= 4 is 35.0 Å². The first-order chi connectivity index (χ1) is 8.58. The molecule has 0 radical (unpaired) electrons. The molecule has 92 valence electrons. The standard InChI is InChI=1S/C13H10ClNO2S/c1-8-11(6-7-12(16)17)18-13(15-8)9-4-2-3-5-10(9)14/h2-7H,1H3,(H,16,17)/b7-6+. The van der Waals surface area contributed by atoms with Gasteiger partial charge in [-0.25, -0.2) is 9.78 Å². The van der Waals surface area contributed by atoms with Crippen LogP contribution in [-0.2, 0) is 4.79 Å². The van der Waals surface area contributed by atoms with Gasteiger partial charge in [-0.15, -0.1) is 11.3 Å². The van der Waals surface area contributed by atoms with E-state index in [1.54, 1.807) is 12.1 Å². The van der Waals surface area contributed by atoms with Gasteiger partial charge in [0.25, 0.3) is 0 Å². The van der Waals surface area contributed by atoms with Crippen LogP contribution in [0, 0.1) is 6.92 Å². The third-order valence-electron chi connectivity index (χ3n) is 2.31. The molecule has 5 heteroatoms. The van der Waals surface area contributed by atoms with Crippen molar-refractivity contribution in [1.82, 2.24) is 4.98 Å². The molecule has 0 aliphatic rings. The molecule has 2 aromatic rings. The summed E-state index contributed by atoms with van der Waals surface area (Å²) in [6, 6.07) is 7.45. The van der Waals surface area contributed by atoms with Crippen molar-refractivity contribution in [3.63, 3.8) is 0 Å². The van der Waals surface area contributed by atoms with Gasteiger partial charge in [-0.3, -0.25) is 0 Å². The smallest absolute Gasteiger partial charge is 0.328 e. The van der Waals surface area contributed by atoms with Crippen LogP contribution in [0.3, 0.4) is 0 Å². The quantitative estimate of drug-likeness (QED) is 0.868. The van der Waals surface area contributed by atoms with Crippen LogP contribution in [0.5, 0.6) is 0 Å². The lowest BCUT2D eigenvalue weighted by Gasteiger charge is -1.97. The van der Waals surface area contributed by atoms with Crippen LogP contribution in [-0.4, -0.2) is 16.1 Å². The predicted molar refractivity (Wildman–Crippen MR) is 74.0 cm³/mol. The molecule has 0 aliphatic carbocycles. The molecule has 0 saturated carbocycles. The number of aromatic nitrogens is 1. The zero-order chi connectivity index (χ0) is 13.1. The van der Waals surface area contributed by atoms with E-state index in [0.717, 1.165) is 27.2 Å². The number of benzene rings is 1. The average Bonchev–Trinajstić information content (AvgIpc) is 2.68.